The Kier molecular flexibility index (Phi) is 5.22. The number of sulfone groups is 1. The Labute approximate surface area is 165 Å². The molecule has 28 heavy (non-hydrogen) atoms. The van der Waals surface area contributed by atoms with Crippen molar-refractivity contribution in [2.45, 2.75) is 36.8 Å². The van der Waals surface area contributed by atoms with Crippen LogP contribution in [0, 0.1) is 0 Å². The number of para-hydroxylation sites is 1. The molecule has 152 valence electrons. The minimum absolute atomic E-state index is 0.0313. The van der Waals surface area contributed by atoms with E-state index in [2.05, 4.69) is 0 Å². The number of anilines is 1. The predicted molar refractivity (Wildman–Crippen MR) is 104 cm³/mol. The molecule has 0 N–H and O–H groups in total. The van der Waals surface area contributed by atoms with Crippen molar-refractivity contribution in [3.05, 3.63) is 24.3 Å². The maximum absolute atomic E-state index is 13.0. The first-order valence-electron chi connectivity index (χ1n) is 9.22. The molecule has 0 atom stereocenters. The molecule has 0 bridgehead atoms. The van der Waals surface area contributed by atoms with Gasteiger partial charge in [-0.05, 0) is 26.0 Å². The highest BCUT2D eigenvalue weighted by molar-refractivity contribution is 7.93. The number of hydrogen-bond donors (Lipinski definition) is 0. The summed E-state index contributed by atoms with van der Waals surface area (Å²) in [5, 5.41) is 0. The standard InChI is InChI=1S/C19H25N3O5S/c1-14(23)20-8-10-21(11-9-20)18(25)13-22-15-6-4-5-7-16(15)28(26,27)19(2,3)12-17(22)24/h4-7H,8-13H2,1-3H3. The molecule has 9 heteroatoms. The van der Waals surface area contributed by atoms with E-state index in [1.54, 1.807) is 28.0 Å². The molecule has 0 unspecified atom stereocenters. The molecule has 1 saturated heterocycles. The SMILES string of the molecule is CC(=O)N1CCN(C(=O)CN2C(=O)CC(C)(C)S(=O)(=O)c3ccccc32)CC1. The highest BCUT2D eigenvalue weighted by Gasteiger charge is 2.44. The summed E-state index contributed by atoms with van der Waals surface area (Å²) in [7, 11) is -3.73. The number of benzene rings is 1. The molecule has 0 aliphatic carbocycles. The monoisotopic (exact) mass is 407 g/mol. The maximum Gasteiger partial charge on any atom is 0.242 e. The van der Waals surface area contributed by atoms with Gasteiger partial charge >= 0.3 is 0 Å². The maximum atomic E-state index is 13.0. The predicted octanol–water partition coefficient (Wildman–Crippen LogP) is 0.666. The second-order valence-corrected chi connectivity index (χ2v) is 10.3. The third-order valence-electron chi connectivity index (χ3n) is 5.42. The largest absolute Gasteiger partial charge is 0.339 e. The Morgan fingerprint density at radius 3 is 2.21 bits per heavy atom. The second-order valence-electron chi connectivity index (χ2n) is 7.77. The van der Waals surface area contributed by atoms with Gasteiger partial charge in [-0.3, -0.25) is 14.4 Å². The van der Waals surface area contributed by atoms with E-state index in [1.165, 1.54) is 31.7 Å². The fourth-order valence-corrected chi connectivity index (χ4v) is 5.19. The Balaban J connectivity index is 1.87. The van der Waals surface area contributed by atoms with Gasteiger partial charge in [0.15, 0.2) is 9.84 Å². The Morgan fingerprint density at radius 1 is 1.04 bits per heavy atom. The molecular formula is C19H25N3O5S. The van der Waals surface area contributed by atoms with Crippen LogP contribution in [0.3, 0.4) is 0 Å². The number of nitrogens with zero attached hydrogens (tertiary/aromatic N) is 3. The summed E-state index contributed by atoms with van der Waals surface area (Å²) in [5.41, 5.74) is 0.244. The average Bonchev–Trinajstić information content (AvgIpc) is 2.69. The highest BCUT2D eigenvalue weighted by Crippen LogP contribution is 2.38. The van der Waals surface area contributed by atoms with Crippen LogP contribution in [0.25, 0.3) is 0 Å². The second kappa shape index (κ2) is 7.20. The number of rotatable bonds is 2. The quantitative estimate of drug-likeness (QED) is 0.718. The van der Waals surface area contributed by atoms with Gasteiger partial charge in [0.25, 0.3) is 0 Å². The highest BCUT2D eigenvalue weighted by atomic mass is 32.2. The molecule has 1 aromatic carbocycles. The first-order valence-corrected chi connectivity index (χ1v) is 10.7. The molecular weight excluding hydrogens is 382 g/mol. The lowest BCUT2D eigenvalue weighted by molar-refractivity contribution is -0.138. The number of fused-ring (bicyclic) bond motifs is 1. The summed E-state index contributed by atoms with van der Waals surface area (Å²) >= 11 is 0. The van der Waals surface area contributed by atoms with Gasteiger partial charge in [0.1, 0.15) is 6.54 Å². The molecule has 0 spiro atoms. The lowest BCUT2D eigenvalue weighted by atomic mass is 10.1. The number of piperazine rings is 1. The van der Waals surface area contributed by atoms with Crippen LogP contribution < -0.4 is 4.90 Å². The van der Waals surface area contributed by atoms with Crippen molar-refractivity contribution >= 4 is 33.2 Å². The minimum Gasteiger partial charge on any atom is -0.339 e. The number of carbonyl (C=O) groups excluding carboxylic acids is 3. The Hall–Kier alpha value is -2.42. The van der Waals surface area contributed by atoms with E-state index in [9.17, 15) is 22.8 Å². The summed E-state index contributed by atoms with van der Waals surface area (Å²) in [6, 6.07) is 6.31. The van der Waals surface area contributed by atoms with Gasteiger partial charge in [0, 0.05) is 39.5 Å². The molecule has 3 amide bonds. The molecule has 1 aromatic rings. The van der Waals surface area contributed by atoms with Crippen molar-refractivity contribution in [1.29, 1.82) is 0 Å². The summed E-state index contributed by atoms with van der Waals surface area (Å²) in [4.78, 5) is 41.8. The van der Waals surface area contributed by atoms with E-state index in [0.29, 0.717) is 26.2 Å². The van der Waals surface area contributed by atoms with Gasteiger partial charge in [-0.1, -0.05) is 12.1 Å². The van der Waals surface area contributed by atoms with E-state index in [1.807, 2.05) is 0 Å². The number of carbonyl (C=O) groups is 3. The van der Waals surface area contributed by atoms with Crippen LogP contribution in [-0.4, -0.2) is 73.4 Å². The molecule has 1 fully saturated rings. The van der Waals surface area contributed by atoms with Crippen molar-refractivity contribution in [2.75, 3.05) is 37.6 Å². The molecule has 0 aromatic heterocycles. The topological polar surface area (TPSA) is 95.1 Å². The number of amides is 3. The van der Waals surface area contributed by atoms with Crippen LogP contribution >= 0.6 is 0 Å². The third-order valence-corrected chi connectivity index (χ3v) is 7.95. The summed E-state index contributed by atoms with van der Waals surface area (Å²) < 4.78 is 24.8. The molecule has 3 rings (SSSR count). The van der Waals surface area contributed by atoms with Gasteiger partial charge in [-0.15, -0.1) is 0 Å². The van der Waals surface area contributed by atoms with Crippen molar-refractivity contribution in [1.82, 2.24) is 9.80 Å². The van der Waals surface area contributed by atoms with Gasteiger partial charge in [-0.25, -0.2) is 8.42 Å². The van der Waals surface area contributed by atoms with Crippen molar-refractivity contribution in [2.24, 2.45) is 0 Å². The minimum atomic E-state index is -3.73. The normalized spacial score (nSPS) is 21.1. The molecule has 0 radical (unpaired) electrons. The van der Waals surface area contributed by atoms with Gasteiger partial charge < -0.3 is 14.7 Å². The van der Waals surface area contributed by atoms with E-state index in [0.717, 1.165) is 0 Å². The van der Waals surface area contributed by atoms with Crippen molar-refractivity contribution in [3.8, 4) is 0 Å². The van der Waals surface area contributed by atoms with E-state index in [-0.39, 0.29) is 35.4 Å². The van der Waals surface area contributed by atoms with Crippen LogP contribution in [-0.2, 0) is 24.2 Å². The molecule has 2 aliphatic heterocycles. The zero-order chi connectivity index (χ0) is 20.7. The fourth-order valence-electron chi connectivity index (χ4n) is 3.57. The molecule has 2 heterocycles. The molecule has 2 aliphatic rings. The fraction of sp³-hybridized carbons (Fsp3) is 0.526. The Bertz CT molecular complexity index is 917. The smallest absolute Gasteiger partial charge is 0.242 e. The first kappa shape index (κ1) is 20.3. The van der Waals surface area contributed by atoms with Gasteiger partial charge in [-0.2, -0.15) is 0 Å². The van der Waals surface area contributed by atoms with Crippen LogP contribution in [0.5, 0.6) is 0 Å². The zero-order valence-corrected chi connectivity index (χ0v) is 17.2. The van der Waals surface area contributed by atoms with Gasteiger partial charge in [0.05, 0.1) is 15.3 Å². The van der Waals surface area contributed by atoms with E-state index >= 15 is 0 Å². The lowest BCUT2D eigenvalue weighted by Crippen LogP contribution is -2.53. The molecule has 0 saturated carbocycles. The van der Waals surface area contributed by atoms with Gasteiger partial charge in [0.2, 0.25) is 17.7 Å². The average molecular weight is 407 g/mol. The number of hydrogen-bond acceptors (Lipinski definition) is 5. The van der Waals surface area contributed by atoms with Crippen LogP contribution in [0.15, 0.2) is 29.2 Å². The summed E-state index contributed by atoms with van der Waals surface area (Å²) in [5.74, 6) is -0.686. The van der Waals surface area contributed by atoms with Crippen LogP contribution in [0.1, 0.15) is 27.2 Å². The summed E-state index contributed by atoms with van der Waals surface area (Å²) in [6.45, 7) is 6.03. The van der Waals surface area contributed by atoms with Crippen LogP contribution in [0.4, 0.5) is 5.69 Å². The van der Waals surface area contributed by atoms with Crippen molar-refractivity contribution < 1.29 is 22.8 Å². The molecule has 8 nitrogen and oxygen atoms in total. The van der Waals surface area contributed by atoms with E-state index in [4.69, 9.17) is 0 Å². The Morgan fingerprint density at radius 2 is 1.61 bits per heavy atom. The van der Waals surface area contributed by atoms with Crippen LogP contribution in [0.2, 0.25) is 0 Å². The van der Waals surface area contributed by atoms with Crippen molar-refractivity contribution in [3.63, 3.8) is 0 Å². The third kappa shape index (κ3) is 3.50. The summed E-state index contributed by atoms with van der Waals surface area (Å²) in [6.07, 6.45) is -0.199. The zero-order valence-electron chi connectivity index (χ0n) is 16.3. The lowest BCUT2D eigenvalue weighted by Gasteiger charge is -2.35. The first-order chi connectivity index (χ1) is 13.0. The van der Waals surface area contributed by atoms with E-state index < -0.39 is 20.5 Å².